The number of hydrogen-bond acceptors (Lipinski definition) is 5. The number of aromatic nitrogens is 3. The normalized spacial score (nSPS) is 16.9. The van der Waals surface area contributed by atoms with Gasteiger partial charge in [-0.3, -0.25) is 9.36 Å². The third-order valence-corrected chi connectivity index (χ3v) is 6.46. The first-order valence-electron chi connectivity index (χ1n) is 10.4. The minimum absolute atomic E-state index is 0.0317. The Bertz CT molecular complexity index is 1000. The Balaban J connectivity index is 1.53. The molecular formula is C23H25ClN4O2S. The number of benzene rings is 2. The highest BCUT2D eigenvalue weighted by Gasteiger charge is 2.23. The highest BCUT2D eigenvalue weighted by molar-refractivity contribution is 8.00. The summed E-state index contributed by atoms with van der Waals surface area (Å²) < 4.78 is 7.59. The summed E-state index contributed by atoms with van der Waals surface area (Å²) in [6, 6.07) is 17.7. The molecule has 1 aliphatic heterocycles. The van der Waals surface area contributed by atoms with Crippen molar-refractivity contribution < 1.29 is 9.53 Å². The Morgan fingerprint density at radius 1 is 1.23 bits per heavy atom. The lowest BCUT2D eigenvalue weighted by molar-refractivity contribution is -0.120. The van der Waals surface area contributed by atoms with E-state index in [0.717, 1.165) is 36.5 Å². The number of ether oxygens (including phenoxy) is 1. The molecule has 4 rings (SSSR count). The Morgan fingerprint density at radius 3 is 2.71 bits per heavy atom. The predicted octanol–water partition coefficient (Wildman–Crippen LogP) is 4.29. The van der Waals surface area contributed by atoms with E-state index in [1.807, 2.05) is 54.0 Å². The van der Waals surface area contributed by atoms with Gasteiger partial charge in [-0.15, -0.1) is 10.2 Å². The minimum Gasteiger partial charge on any atom is -0.376 e. The van der Waals surface area contributed by atoms with Gasteiger partial charge in [0.25, 0.3) is 0 Å². The molecule has 6 nitrogen and oxygen atoms in total. The van der Waals surface area contributed by atoms with Gasteiger partial charge in [0.1, 0.15) is 5.82 Å². The van der Waals surface area contributed by atoms with Gasteiger partial charge in [-0.05, 0) is 49.6 Å². The molecular weight excluding hydrogens is 432 g/mol. The average Bonchev–Trinajstić information content (AvgIpc) is 3.44. The molecule has 8 heteroatoms. The second-order valence-electron chi connectivity index (χ2n) is 7.51. The third-order valence-electron chi connectivity index (χ3n) is 5.17. The molecule has 2 heterocycles. The van der Waals surface area contributed by atoms with Crippen LogP contribution in [0.25, 0.3) is 5.69 Å². The van der Waals surface area contributed by atoms with Gasteiger partial charge in [0, 0.05) is 30.3 Å². The van der Waals surface area contributed by atoms with Gasteiger partial charge in [0.15, 0.2) is 5.16 Å². The van der Waals surface area contributed by atoms with Crippen molar-refractivity contribution in [3.63, 3.8) is 0 Å². The topological polar surface area (TPSA) is 69.0 Å². The largest absolute Gasteiger partial charge is 0.376 e. The molecule has 0 bridgehead atoms. The summed E-state index contributed by atoms with van der Waals surface area (Å²) in [7, 11) is 0. The number of halogens is 1. The fourth-order valence-corrected chi connectivity index (χ4v) is 4.53. The molecule has 0 saturated carbocycles. The summed E-state index contributed by atoms with van der Waals surface area (Å²) in [6.07, 6.45) is 2.81. The van der Waals surface area contributed by atoms with E-state index >= 15 is 0 Å². The summed E-state index contributed by atoms with van der Waals surface area (Å²) in [4.78, 5) is 12.6. The molecule has 162 valence electrons. The first-order valence-corrected chi connectivity index (χ1v) is 11.7. The Hall–Kier alpha value is -2.35. The number of thioether (sulfide) groups is 1. The number of hydrogen-bond donors (Lipinski definition) is 1. The van der Waals surface area contributed by atoms with Gasteiger partial charge in [0.2, 0.25) is 5.91 Å². The Morgan fingerprint density at radius 2 is 2.00 bits per heavy atom. The Labute approximate surface area is 191 Å². The molecule has 1 N–H and O–H groups in total. The number of carbonyl (C=O) groups excluding carboxylic acids is 1. The molecule has 1 aliphatic rings. The number of carbonyl (C=O) groups is 1. The van der Waals surface area contributed by atoms with E-state index in [1.54, 1.807) is 0 Å². The second kappa shape index (κ2) is 10.3. The van der Waals surface area contributed by atoms with Crippen molar-refractivity contribution >= 4 is 29.3 Å². The lowest BCUT2D eigenvalue weighted by Crippen LogP contribution is -2.36. The van der Waals surface area contributed by atoms with Crippen molar-refractivity contribution in [2.24, 2.45) is 0 Å². The van der Waals surface area contributed by atoms with Gasteiger partial charge in [-0.25, -0.2) is 0 Å². The third kappa shape index (κ3) is 5.67. The number of nitrogens with one attached hydrogen (secondary N) is 1. The standard InChI is InChI=1S/C23H25ClN4O2S/c1-16(22(29)25-15-20-8-5-13-30-20)31-23-27-26-21(14-17-6-3-2-4-7-17)28(23)19-11-9-18(24)10-12-19/h2-4,6-7,9-12,16,20H,5,8,13-15H2,1H3,(H,25,29)/t16-,20+/m0/s1. The zero-order valence-corrected chi connectivity index (χ0v) is 18.9. The van der Waals surface area contributed by atoms with Crippen LogP contribution in [-0.4, -0.2) is 45.2 Å². The van der Waals surface area contributed by atoms with Gasteiger partial charge in [0.05, 0.1) is 11.4 Å². The van der Waals surface area contributed by atoms with Crippen LogP contribution in [0.1, 0.15) is 31.2 Å². The molecule has 0 spiro atoms. The fourth-order valence-electron chi connectivity index (χ4n) is 3.49. The van der Waals surface area contributed by atoms with Crippen LogP contribution in [0.5, 0.6) is 0 Å². The molecule has 3 aromatic rings. The number of rotatable bonds is 8. The first kappa shape index (κ1) is 21.9. The molecule has 1 amide bonds. The number of amides is 1. The maximum Gasteiger partial charge on any atom is 0.233 e. The van der Waals surface area contributed by atoms with E-state index in [2.05, 4.69) is 27.6 Å². The van der Waals surface area contributed by atoms with Crippen molar-refractivity contribution in [3.8, 4) is 5.69 Å². The van der Waals surface area contributed by atoms with Crippen molar-refractivity contribution in [1.29, 1.82) is 0 Å². The fraction of sp³-hybridized carbons (Fsp3) is 0.348. The quantitative estimate of drug-likeness (QED) is 0.512. The van der Waals surface area contributed by atoms with Crippen LogP contribution in [0.4, 0.5) is 0 Å². The van der Waals surface area contributed by atoms with Gasteiger partial charge in [-0.1, -0.05) is 53.7 Å². The zero-order valence-electron chi connectivity index (χ0n) is 17.3. The molecule has 1 aromatic heterocycles. The van der Waals surface area contributed by atoms with Gasteiger partial charge < -0.3 is 10.1 Å². The molecule has 2 atom stereocenters. The van der Waals surface area contributed by atoms with Crippen LogP contribution in [-0.2, 0) is 16.0 Å². The van der Waals surface area contributed by atoms with Crippen LogP contribution in [0.3, 0.4) is 0 Å². The smallest absolute Gasteiger partial charge is 0.233 e. The summed E-state index contributed by atoms with van der Waals surface area (Å²) in [5.41, 5.74) is 2.05. The maximum absolute atomic E-state index is 12.6. The number of nitrogens with zero attached hydrogens (tertiary/aromatic N) is 3. The van der Waals surface area contributed by atoms with Crippen LogP contribution in [0.2, 0.25) is 5.02 Å². The van der Waals surface area contributed by atoms with E-state index in [4.69, 9.17) is 16.3 Å². The summed E-state index contributed by atoms with van der Waals surface area (Å²) in [5.74, 6) is 0.777. The molecule has 0 unspecified atom stereocenters. The van der Waals surface area contributed by atoms with Crippen molar-refractivity contribution in [1.82, 2.24) is 20.1 Å². The molecule has 0 radical (unpaired) electrons. The van der Waals surface area contributed by atoms with Crippen LogP contribution < -0.4 is 5.32 Å². The maximum atomic E-state index is 12.6. The second-order valence-corrected chi connectivity index (χ2v) is 9.26. The summed E-state index contributed by atoms with van der Waals surface area (Å²) >= 11 is 7.48. The molecule has 1 saturated heterocycles. The summed E-state index contributed by atoms with van der Waals surface area (Å²) in [5, 5.41) is 12.9. The SMILES string of the molecule is C[C@H](Sc1nnc(Cc2ccccc2)n1-c1ccc(Cl)cc1)C(=O)NC[C@H]1CCCO1. The molecule has 31 heavy (non-hydrogen) atoms. The average molecular weight is 457 g/mol. The van der Waals surface area contributed by atoms with E-state index in [1.165, 1.54) is 11.8 Å². The van der Waals surface area contributed by atoms with E-state index in [9.17, 15) is 4.79 Å². The predicted molar refractivity (Wildman–Crippen MR) is 123 cm³/mol. The van der Waals surface area contributed by atoms with Crippen molar-refractivity contribution in [2.45, 2.75) is 42.7 Å². The van der Waals surface area contributed by atoms with E-state index < -0.39 is 0 Å². The van der Waals surface area contributed by atoms with E-state index in [0.29, 0.717) is 23.1 Å². The van der Waals surface area contributed by atoms with Crippen LogP contribution in [0.15, 0.2) is 59.8 Å². The van der Waals surface area contributed by atoms with Crippen LogP contribution >= 0.6 is 23.4 Å². The Kier molecular flexibility index (Phi) is 7.27. The first-order chi connectivity index (χ1) is 15.1. The minimum atomic E-state index is -0.318. The highest BCUT2D eigenvalue weighted by atomic mass is 35.5. The monoisotopic (exact) mass is 456 g/mol. The molecule has 2 aromatic carbocycles. The lowest BCUT2D eigenvalue weighted by Gasteiger charge is -2.15. The van der Waals surface area contributed by atoms with Crippen molar-refractivity contribution in [3.05, 3.63) is 71.0 Å². The highest BCUT2D eigenvalue weighted by Crippen LogP contribution is 2.27. The zero-order chi connectivity index (χ0) is 21.6. The lowest BCUT2D eigenvalue weighted by atomic mass is 10.1. The molecule has 0 aliphatic carbocycles. The van der Waals surface area contributed by atoms with Gasteiger partial charge >= 0.3 is 0 Å². The summed E-state index contributed by atoms with van der Waals surface area (Å²) in [6.45, 7) is 3.21. The van der Waals surface area contributed by atoms with Crippen LogP contribution in [0, 0.1) is 0 Å². The molecule has 1 fully saturated rings. The van der Waals surface area contributed by atoms with E-state index in [-0.39, 0.29) is 17.3 Å². The van der Waals surface area contributed by atoms with Gasteiger partial charge in [-0.2, -0.15) is 0 Å². The van der Waals surface area contributed by atoms with Crippen molar-refractivity contribution in [2.75, 3.05) is 13.2 Å².